The van der Waals surface area contributed by atoms with Crippen LogP contribution < -0.4 is 0 Å². The Labute approximate surface area is 71.3 Å². The third kappa shape index (κ3) is 3.65. The first-order valence-electron chi connectivity index (χ1n) is 2.75. The average molecular weight is 138 g/mol. The summed E-state index contributed by atoms with van der Waals surface area (Å²) in [6, 6.07) is -1.03. The average Bonchev–Trinajstić information content (AvgIpc) is 1.84. The van der Waals surface area contributed by atoms with Crippen LogP contribution in [0.3, 0.4) is 0 Å². The third-order valence-electron chi connectivity index (χ3n) is 1.13. The van der Waals surface area contributed by atoms with Crippen LogP contribution in [-0.2, 0) is 4.79 Å². The summed E-state index contributed by atoms with van der Waals surface area (Å²) in [5.74, 6) is -0.319. The van der Waals surface area contributed by atoms with Crippen molar-refractivity contribution in [3.8, 4) is 0 Å². The van der Waals surface area contributed by atoms with Gasteiger partial charge in [0.25, 0.3) is 6.04 Å². The van der Waals surface area contributed by atoms with Crippen LogP contribution in [0.4, 0.5) is 0 Å². The van der Waals surface area contributed by atoms with E-state index in [1.54, 1.807) is 6.92 Å². The van der Waals surface area contributed by atoms with E-state index in [-0.39, 0.29) is 31.1 Å². The van der Waals surface area contributed by atoms with Crippen molar-refractivity contribution >= 4 is 24.6 Å². The predicted octanol–water partition coefficient (Wildman–Crippen LogP) is 0.250. The van der Waals surface area contributed by atoms with Gasteiger partial charge in [-0.25, -0.2) is 0 Å². The molecule has 0 amide bonds. The minimum absolute atomic E-state index is 0. The number of nitro groups is 1. The maximum Gasteiger partial charge on any atom is 0.267 e. The summed E-state index contributed by atoms with van der Waals surface area (Å²) in [7, 11) is 0. The summed E-state index contributed by atoms with van der Waals surface area (Å²) in [6.45, 7) is 2.91. The molecule has 0 heterocycles. The fourth-order valence-electron chi connectivity index (χ4n) is 0.413. The van der Waals surface area contributed by atoms with E-state index in [0.29, 0.717) is 0 Å². The Kier molecular flexibility index (Phi) is 6.74. The van der Waals surface area contributed by atoms with Crippen molar-refractivity contribution in [3.63, 3.8) is 0 Å². The Bertz CT molecular complexity index is 137. The molecule has 1 unspecified atom stereocenters. The zero-order valence-corrected chi connectivity index (χ0v) is 6.46. The van der Waals surface area contributed by atoms with Crippen molar-refractivity contribution in [2.24, 2.45) is 0 Å². The van der Waals surface area contributed by atoms with E-state index in [0.717, 1.165) is 0 Å². The van der Waals surface area contributed by atoms with Crippen molar-refractivity contribution in [2.75, 3.05) is 0 Å². The first-order valence-corrected chi connectivity index (χ1v) is 2.75. The molecule has 0 bridgehead atoms. The Morgan fingerprint density at radius 3 is 2.20 bits per heavy atom. The van der Waals surface area contributed by atoms with Gasteiger partial charge in [0, 0.05) is 37.1 Å². The van der Waals surface area contributed by atoms with Crippen LogP contribution in [0.2, 0.25) is 0 Å². The van der Waals surface area contributed by atoms with Crippen LogP contribution in [0.1, 0.15) is 20.3 Å². The van der Waals surface area contributed by atoms with Gasteiger partial charge < -0.3 is 0 Å². The number of hydrogen-bond acceptors (Lipinski definition) is 3. The number of nitrogens with zero attached hydrogens (tertiary/aromatic N) is 1. The maximum atomic E-state index is 10.5. The largest absolute Gasteiger partial charge is 0.292 e. The molecule has 0 saturated carbocycles. The summed E-state index contributed by atoms with van der Waals surface area (Å²) in [4.78, 5) is 19.8. The van der Waals surface area contributed by atoms with Crippen molar-refractivity contribution in [1.82, 2.24) is 0 Å². The van der Waals surface area contributed by atoms with E-state index < -0.39 is 11.0 Å². The molecule has 0 aromatic rings. The van der Waals surface area contributed by atoms with Gasteiger partial charge in [0.05, 0.1) is 0 Å². The zero-order chi connectivity index (χ0) is 7.44. The monoisotopic (exact) mass is 138 g/mol. The number of ketones is 1. The molecule has 4 nitrogen and oxygen atoms in total. The molecule has 5 heteroatoms. The minimum Gasteiger partial charge on any atom is -0.292 e. The number of hydrogen-bond donors (Lipinski definition) is 0. The molecule has 10 heavy (non-hydrogen) atoms. The molecule has 0 aliphatic heterocycles. The molecule has 0 aliphatic rings. The number of rotatable bonds is 3. The van der Waals surface area contributed by atoms with Crippen LogP contribution in [-0.4, -0.2) is 35.6 Å². The van der Waals surface area contributed by atoms with Crippen molar-refractivity contribution in [1.29, 1.82) is 0 Å². The topological polar surface area (TPSA) is 60.2 Å². The summed E-state index contributed by atoms with van der Waals surface area (Å²) in [5, 5.41) is 9.88. The summed E-state index contributed by atoms with van der Waals surface area (Å²) < 4.78 is 0. The number of carbonyl (C=O) groups is 1. The molecule has 1 radical (unpaired) electrons. The van der Waals surface area contributed by atoms with Crippen LogP contribution in [0.5, 0.6) is 0 Å². The van der Waals surface area contributed by atoms with Crippen LogP contribution in [0.25, 0.3) is 0 Å². The summed E-state index contributed by atoms with van der Waals surface area (Å²) >= 11 is 0. The molecule has 0 fully saturated rings. The van der Waals surface area contributed by atoms with Crippen LogP contribution in [0.15, 0.2) is 0 Å². The molecular weight excluding hydrogens is 129 g/mol. The molecule has 0 rings (SSSR count). The minimum atomic E-state index is -1.03. The van der Waals surface area contributed by atoms with Gasteiger partial charge in [0.2, 0.25) is 5.78 Å². The molecule has 0 aliphatic carbocycles. The zero-order valence-electron chi connectivity index (χ0n) is 6.46. The molecule has 0 spiro atoms. The molecule has 0 saturated heterocycles. The van der Waals surface area contributed by atoms with Gasteiger partial charge in [-0.1, -0.05) is 6.92 Å². The SMILES string of the molecule is CCC(=O)C(C)[N+](=O)[O-].[Li]. The second kappa shape index (κ2) is 5.45. The van der Waals surface area contributed by atoms with E-state index in [1.165, 1.54) is 6.92 Å². The molecule has 0 N–H and O–H groups in total. The fraction of sp³-hybridized carbons (Fsp3) is 0.800. The normalized spacial score (nSPS) is 11.4. The predicted molar refractivity (Wildman–Crippen MR) is 37.5 cm³/mol. The van der Waals surface area contributed by atoms with Gasteiger partial charge in [0.1, 0.15) is 0 Å². The Hall–Kier alpha value is -0.333. The quantitative estimate of drug-likeness (QED) is 0.319. The van der Waals surface area contributed by atoms with Gasteiger partial charge in [-0.15, -0.1) is 0 Å². The molecule has 0 aromatic carbocycles. The van der Waals surface area contributed by atoms with Gasteiger partial charge in [-0.2, -0.15) is 0 Å². The van der Waals surface area contributed by atoms with Crippen molar-refractivity contribution < 1.29 is 9.72 Å². The second-order valence-electron chi connectivity index (χ2n) is 1.78. The van der Waals surface area contributed by atoms with E-state index in [9.17, 15) is 14.9 Å². The molecular formula is C5H9LiNO3. The van der Waals surface area contributed by atoms with Gasteiger partial charge in [0.15, 0.2) is 0 Å². The summed E-state index contributed by atoms with van der Waals surface area (Å²) in [6.07, 6.45) is 0.238. The number of carbonyl (C=O) groups excluding carboxylic acids is 1. The standard InChI is InChI=1S/C5H9NO3.Li/c1-3-5(7)4(2)6(8)9;/h4H,3H2,1-2H3;. The van der Waals surface area contributed by atoms with Crippen molar-refractivity contribution in [2.45, 2.75) is 26.3 Å². The van der Waals surface area contributed by atoms with Gasteiger partial charge in [-0.05, 0) is 0 Å². The van der Waals surface area contributed by atoms with Crippen molar-refractivity contribution in [3.05, 3.63) is 10.1 Å². The Morgan fingerprint density at radius 2 is 2.10 bits per heavy atom. The van der Waals surface area contributed by atoms with Crippen LogP contribution in [0, 0.1) is 10.1 Å². The fourth-order valence-corrected chi connectivity index (χ4v) is 0.413. The Balaban J connectivity index is 0. The molecule has 1 atom stereocenters. The summed E-state index contributed by atoms with van der Waals surface area (Å²) in [5.41, 5.74) is 0. The van der Waals surface area contributed by atoms with E-state index in [1.807, 2.05) is 0 Å². The first kappa shape index (κ1) is 12.4. The molecule has 53 valence electrons. The van der Waals surface area contributed by atoms with E-state index >= 15 is 0 Å². The third-order valence-corrected chi connectivity index (χ3v) is 1.13. The Morgan fingerprint density at radius 1 is 1.70 bits per heavy atom. The number of Topliss-reactive ketones (excluding diaryl/α,β-unsaturated/α-hetero) is 1. The molecule has 0 aromatic heterocycles. The smallest absolute Gasteiger partial charge is 0.267 e. The maximum absolute atomic E-state index is 10.5. The van der Waals surface area contributed by atoms with Gasteiger partial charge in [-0.3, -0.25) is 14.9 Å². The first-order chi connectivity index (χ1) is 4.09. The van der Waals surface area contributed by atoms with Crippen LogP contribution >= 0.6 is 0 Å². The van der Waals surface area contributed by atoms with Gasteiger partial charge >= 0.3 is 0 Å². The second-order valence-corrected chi connectivity index (χ2v) is 1.78. The van der Waals surface area contributed by atoms with E-state index in [4.69, 9.17) is 0 Å². The van der Waals surface area contributed by atoms with E-state index in [2.05, 4.69) is 0 Å².